The molecule has 0 aliphatic carbocycles. The maximum atomic E-state index is 14.0. The van der Waals surface area contributed by atoms with E-state index in [2.05, 4.69) is 33.5 Å². The third kappa shape index (κ3) is 5.20. The minimum atomic E-state index is -2.94. The Morgan fingerprint density at radius 2 is 2.08 bits per heavy atom. The first-order valence-electron chi connectivity index (χ1n) is 11.9. The quantitative estimate of drug-likeness (QED) is 0.500. The standard InChI is InChI=1S/C27H30FN5O2S/c1-18(9-10-19-7-5-4-6-8-19)24-14-12-22-25(36(35,30-2)32-24)17-33(3)26(22)27(34)31-21-11-13-23(28)20(15-21)16-29/h4-8,11,13,15,17-18,24H,9-10,12,14H2,1-3H3,(H,31,34)(H,30,32,35)/t18?,24-,36?/m1/s1. The van der Waals surface area contributed by atoms with E-state index in [9.17, 15) is 13.4 Å². The predicted molar refractivity (Wildman–Crippen MR) is 138 cm³/mol. The smallest absolute Gasteiger partial charge is 0.272 e. The topological polar surface area (TPSA) is 99.3 Å². The maximum absolute atomic E-state index is 14.0. The summed E-state index contributed by atoms with van der Waals surface area (Å²) in [5.74, 6) is -0.819. The Hall–Kier alpha value is -3.48. The van der Waals surface area contributed by atoms with Crippen LogP contribution in [0.5, 0.6) is 0 Å². The number of nitriles is 1. The fraction of sp³-hybridized carbons (Fsp3) is 0.333. The van der Waals surface area contributed by atoms with Gasteiger partial charge in [0.15, 0.2) is 0 Å². The van der Waals surface area contributed by atoms with E-state index in [0.717, 1.165) is 18.9 Å². The highest BCUT2D eigenvalue weighted by atomic mass is 32.2. The van der Waals surface area contributed by atoms with Crippen LogP contribution in [0.15, 0.2) is 64.0 Å². The number of halogens is 1. The third-order valence-electron chi connectivity index (χ3n) is 6.80. The van der Waals surface area contributed by atoms with Gasteiger partial charge in [0.25, 0.3) is 5.91 Å². The van der Waals surface area contributed by atoms with Gasteiger partial charge in [-0.15, -0.1) is 0 Å². The van der Waals surface area contributed by atoms with E-state index in [1.807, 2.05) is 18.2 Å². The van der Waals surface area contributed by atoms with Gasteiger partial charge in [-0.3, -0.25) is 4.79 Å². The van der Waals surface area contributed by atoms with E-state index in [0.29, 0.717) is 34.7 Å². The van der Waals surface area contributed by atoms with E-state index in [4.69, 9.17) is 5.26 Å². The fourth-order valence-electron chi connectivity index (χ4n) is 4.72. The molecule has 1 aliphatic rings. The molecular formula is C27H30FN5O2S. The second kappa shape index (κ2) is 10.6. The molecule has 2 heterocycles. The van der Waals surface area contributed by atoms with Gasteiger partial charge in [0.05, 0.1) is 10.5 Å². The fourth-order valence-corrected chi connectivity index (χ4v) is 6.75. The Labute approximate surface area is 211 Å². The summed E-state index contributed by atoms with van der Waals surface area (Å²) in [4.78, 5) is 13.8. The van der Waals surface area contributed by atoms with Gasteiger partial charge in [0.2, 0.25) is 0 Å². The molecule has 0 spiro atoms. The second-order valence-electron chi connectivity index (χ2n) is 9.16. The summed E-state index contributed by atoms with van der Waals surface area (Å²) in [6, 6.07) is 15.9. The van der Waals surface area contributed by atoms with E-state index >= 15 is 0 Å². The molecule has 0 saturated heterocycles. The van der Waals surface area contributed by atoms with Gasteiger partial charge in [-0.2, -0.15) is 5.26 Å². The van der Waals surface area contributed by atoms with Crippen LogP contribution < -0.4 is 10.0 Å². The van der Waals surface area contributed by atoms with Gasteiger partial charge in [0, 0.05) is 37.6 Å². The number of hydrogen-bond donors (Lipinski definition) is 2. The molecule has 0 saturated carbocycles. The van der Waals surface area contributed by atoms with Crippen molar-refractivity contribution in [3.8, 4) is 6.07 Å². The van der Waals surface area contributed by atoms with E-state index in [1.165, 1.54) is 24.7 Å². The zero-order valence-electron chi connectivity index (χ0n) is 20.6. The normalized spacial score (nSPS) is 20.0. The maximum Gasteiger partial charge on any atom is 0.272 e. The van der Waals surface area contributed by atoms with Crippen LogP contribution in [0, 0.1) is 23.1 Å². The lowest BCUT2D eigenvalue weighted by Crippen LogP contribution is -2.38. The highest BCUT2D eigenvalue weighted by molar-refractivity contribution is 7.91. The Morgan fingerprint density at radius 1 is 1.33 bits per heavy atom. The predicted octanol–water partition coefficient (Wildman–Crippen LogP) is 4.83. The van der Waals surface area contributed by atoms with Crippen LogP contribution in [-0.2, 0) is 29.8 Å². The van der Waals surface area contributed by atoms with Crippen LogP contribution in [0.3, 0.4) is 0 Å². The average Bonchev–Trinajstić information content (AvgIpc) is 3.16. The summed E-state index contributed by atoms with van der Waals surface area (Å²) in [6.07, 6.45) is 4.82. The second-order valence-corrected chi connectivity index (χ2v) is 11.3. The largest absolute Gasteiger partial charge is 0.345 e. The van der Waals surface area contributed by atoms with Crippen LogP contribution in [0.2, 0.25) is 0 Å². The van der Waals surface area contributed by atoms with Crippen LogP contribution in [-0.4, -0.2) is 27.8 Å². The minimum Gasteiger partial charge on any atom is -0.345 e. The number of fused-ring (bicyclic) bond motifs is 1. The van der Waals surface area contributed by atoms with Gasteiger partial charge in [-0.05, 0) is 55.4 Å². The van der Waals surface area contributed by atoms with Crippen molar-refractivity contribution >= 4 is 21.5 Å². The number of anilines is 1. The number of nitrogens with zero attached hydrogens (tertiary/aromatic N) is 3. The molecule has 3 atom stereocenters. The summed E-state index contributed by atoms with van der Waals surface area (Å²) < 4.78 is 36.9. The Balaban J connectivity index is 1.58. The molecule has 2 aromatic carbocycles. The van der Waals surface area contributed by atoms with Crippen LogP contribution in [0.4, 0.5) is 10.1 Å². The Morgan fingerprint density at radius 3 is 2.78 bits per heavy atom. The van der Waals surface area contributed by atoms with Crippen molar-refractivity contribution in [1.29, 1.82) is 5.26 Å². The molecule has 1 aromatic heterocycles. The molecule has 4 rings (SSSR count). The number of carbonyl (C=O) groups excluding carboxylic acids is 1. The number of aryl methyl sites for hydroxylation is 2. The van der Waals surface area contributed by atoms with Crippen LogP contribution >= 0.6 is 0 Å². The molecule has 1 aliphatic heterocycles. The molecule has 3 aromatic rings. The van der Waals surface area contributed by atoms with Crippen molar-refractivity contribution in [2.75, 3.05) is 12.4 Å². The Bertz CT molecular complexity index is 1430. The summed E-state index contributed by atoms with van der Waals surface area (Å²) >= 11 is 0. The van der Waals surface area contributed by atoms with Gasteiger partial charge in [0.1, 0.15) is 27.5 Å². The van der Waals surface area contributed by atoms with Gasteiger partial charge < -0.3 is 9.88 Å². The zero-order chi connectivity index (χ0) is 25.9. The van der Waals surface area contributed by atoms with Crippen LogP contribution in [0.25, 0.3) is 0 Å². The first-order chi connectivity index (χ1) is 17.3. The van der Waals surface area contributed by atoms with Crippen molar-refractivity contribution in [1.82, 2.24) is 9.29 Å². The van der Waals surface area contributed by atoms with Gasteiger partial charge in [-0.1, -0.05) is 37.3 Å². The average molecular weight is 508 g/mol. The first-order valence-corrected chi connectivity index (χ1v) is 13.4. The van der Waals surface area contributed by atoms with Crippen molar-refractivity contribution in [3.63, 3.8) is 0 Å². The lowest BCUT2D eigenvalue weighted by molar-refractivity contribution is 0.101. The highest BCUT2D eigenvalue weighted by Crippen LogP contribution is 2.31. The first kappa shape index (κ1) is 25.6. The molecule has 2 N–H and O–H groups in total. The molecule has 188 valence electrons. The summed E-state index contributed by atoms with van der Waals surface area (Å²) in [7, 11) is 0.315. The molecule has 36 heavy (non-hydrogen) atoms. The molecule has 0 fully saturated rings. The molecule has 9 heteroatoms. The third-order valence-corrected chi connectivity index (χ3v) is 8.88. The van der Waals surface area contributed by atoms with E-state index in [-0.39, 0.29) is 17.5 Å². The van der Waals surface area contributed by atoms with Crippen LogP contribution in [0.1, 0.15) is 46.9 Å². The zero-order valence-corrected chi connectivity index (χ0v) is 21.4. The number of amides is 1. The number of benzene rings is 2. The summed E-state index contributed by atoms with van der Waals surface area (Å²) in [6.45, 7) is 2.15. The summed E-state index contributed by atoms with van der Waals surface area (Å²) in [5, 5.41) is 11.8. The van der Waals surface area contributed by atoms with Crippen molar-refractivity contribution in [3.05, 3.63) is 82.9 Å². The summed E-state index contributed by atoms with van der Waals surface area (Å²) in [5.41, 5.74) is 2.50. The lowest BCUT2D eigenvalue weighted by atomic mass is 9.91. The number of hydrogen-bond acceptors (Lipinski definition) is 4. The highest BCUT2D eigenvalue weighted by Gasteiger charge is 2.33. The number of aromatic nitrogens is 1. The Kier molecular flexibility index (Phi) is 7.57. The molecular weight excluding hydrogens is 477 g/mol. The number of nitrogens with one attached hydrogen (secondary N) is 2. The molecule has 7 nitrogen and oxygen atoms in total. The van der Waals surface area contributed by atoms with Gasteiger partial charge >= 0.3 is 0 Å². The van der Waals surface area contributed by atoms with Crippen molar-refractivity contribution < 1.29 is 13.4 Å². The van der Waals surface area contributed by atoms with Crippen molar-refractivity contribution in [2.24, 2.45) is 17.3 Å². The monoisotopic (exact) mass is 507 g/mol. The van der Waals surface area contributed by atoms with Gasteiger partial charge in [-0.25, -0.2) is 17.7 Å². The van der Waals surface area contributed by atoms with E-state index < -0.39 is 21.6 Å². The molecule has 0 bridgehead atoms. The number of carbonyl (C=O) groups is 1. The van der Waals surface area contributed by atoms with E-state index in [1.54, 1.807) is 23.9 Å². The lowest BCUT2D eigenvalue weighted by Gasteiger charge is -2.24. The molecule has 0 radical (unpaired) electrons. The molecule has 1 amide bonds. The minimum absolute atomic E-state index is 0.0335. The number of rotatable bonds is 6. The SMILES string of the molecule is CN=S1(=O)N[C@@H](C(C)CCc2ccccc2)CCc2c1cn(C)c2C(=O)Nc1ccc(F)c(C#N)c1. The van der Waals surface area contributed by atoms with Crippen molar-refractivity contribution in [2.45, 2.75) is 43.5 Å². The molecule has 2 unspecified atom stereocenters.